The van der Waals surface area contributed by atoms with Gasteiger partial charge >= 0.3 is 0 Å². The Morgan fingerprint density at radius 2 is 2.00 bits per heavy atom. The Bertz CT molecular complexity index is 880. The highest BCUT2D eigenvalue weighted by atomic mass is 35.5. The molecule has 28 heavy (non-hydrogen) atoms. The second kappa shape index (κ2) is 9.13. The monoisotopic (exact) mass is 400 g/mol. The van der Waals surface area contributed by atoms with Gasteiger partial charge < -0.3 is 14.8 Å². The maximum Gasteiger partial charge on any atom is 0.244 e. The number of hydrogen-bond donors (Lipinski definition) is 1. The summed E-state index contributed by atoms with van der Waals surface area (Å²) in [7, 11) is 2.10. The zero-order valence-electron chi connectivity index (χ0n) is 16.4. The molecule has 1 amide bonds. The van der Waals surface area contributed by atoms with Gasteiger partial charge in [-0.1, -0.05) is 35.9 Å². The molecular formula is C22H25ClN2O3. The number of fused-ring (bicyclic) bond motifs is 1. The Morgan fingerprint density at radius 3 is 2.75 bits per heavy atom. The Hall–Kier alpha value is -2.50. The van der Waals surface area contributed by atoms with Crippen molar-refractivity contribution in [2.45, 2.75) is 33.0 Å². The van der Waals surface area contributed by atoms with Crippen LogP contribution in [0.25, 0.3) is 6.08 Å². The van der Waals surface area contributed by atoms with Crippen molar-refractivity contribution in [1.82, 2.24) is 10.2 Å². The lowest BCUT2D eigenvalue weighted by Crippen LogP contribution is -2.27. The third kappa shape index (κ3) is 5.06. The first-order chi connectivity index (χ1) is 13.4. The fourth-order valence-corrected chi connectivity index (χ4v) is 3.11. The van der Waals surface area contributed by atoms with Gasteiger partial charge in [0.15, 0.2) is 11.5 Å². The number of amides is 1. The number of nitrogens with zero attached hydrogens (tertiary/aromatic N) is 1. The summed E-state index contributed by atoms with van der Waals surface area (Å²) in [6.45, 7) is 5.81. The van der Waals surface area contributed by atoms with Crippen molar-refractivity contribution in [1.29, 1.82) is 0 Å². The molecule has 148 valence electrons. The summed E-state index contributed by atoms with van der Waals surface area (Å²) < 4.78 is 10.6. The van der Waals surface area contributed by atoms with E-state index >= 15 is 0 Å². The number of halogens is 1. The van der Waals surface area contributed by atoms with Gasteiger partial charge in [-0.05, 0) is 55.8 Å². The highest BCUT2D eigenvalue weighted by Gasteiger charge is 2.17. The van der Waals surface area contributed by atoms with E-state index in [4.69, 9.17) is 21.1 Å². The fourth-order valence-electron chi connectivity index (χ4n) is 2.83. The number of carbonyl (C=O) groups excluding carboxylic acids is 1. The summed E-state index contributed by atoms with van der Waals surface area (Å²) in [5.74, 6) is 0.975. The Morgan fingerprint density at radius 1 is 1.25 bits per heavy atom. The van der Waals surface area contributed by atoms with Crippen molar-refractivity contribution in [2.24, 2.45) is 0 Å². The van der Waals surface area contributed by atoms with Gasteiger partial charge in [0.05, 0.1) is 5.02 Å². The number of hydrogen-bond acceptors (Lipinski definition) is 4. The lowest BCUT2D eigenvalue weighted by atomic mass is 10.1. The molecule has 0 atom stereocenters. The molecule has 0 aliphatic carbocycles. The summed E-state index contributed by atoms with van der Waals surface area (Å²) in [5.41, 5.74) is 3.11. The molecule has 0 spiro atoms. The summed E-state index contributed by atoms with van der Waals surface area (Å²) in [6.07, 6.45) is 3.21. The molecule has 0 aromatic heterocycles. The minimum Gasteiger partial charge on any atom is -0.454 e. The molecule has 5 nitrogen and oxygen atoms in total. The zero-order valence-corrected chi connectivity index (χ0v) is 17.1. The molecule has 0 bridgehead atoms. The van der Waals surface area contributed by atoms with Crippen LogP contribution in [0.4, 0.5) is 0 Å². The highest BCUT2D eigenvalue weighted by molar-refractivity contribution is 6.32. The molecule has 1 aliphatic heterocycles. The number of carbonyl (C=O) groups is 1. The second-order valence-electron chi connectivity index (χ2n) is 7.07. The maximum atomic E-state index is 12.3. The smallest absolute Gasteiger partial charge is 0.244 e. The molecule has 0 saturated carbocycles. The fraction of sp³-hybridized carbons (Fsp3) is 0.318. The molecular weight excluding hydrogens is 376 g/mol. The number of benzene rings is 2. The van der Waals surface area contributed by atoms with Crippen molar-refractivity contribution in [2.75, 3.05) is 13.8 Å². The molecule has 2 aromatic carbocycles. The van der Waals surface area contributed by atoms with Crippen molar-refractivity contribution in [3.05, 3.63) is 64.2 Å². The van der Waals surface area contributed by atoms with Gasteiger partial charge in [-0.25, -0.2) is 0 Å². The van der Waals surface area contributed by atoms with Crippen molar-refractivity contribution in [3.63, 3.8) is 0 Å². The van der Waals surface area contributed by atoms with Gasteiger partial charge in [0, 0.05) is 25.2 Å². The van der Waals surface area contributed by atoms with Crippen molar-refractivity contribution < 1.29 is 14.3 Å². The molecule has 0 fully saturated rings. The van der Waals surface area contributed by atoms with E-state index in [1.807, 2.05) is 18.2 Å². The standard InChI is InChI=1S/C22H25ClN2O3/c1-15(2)25(3)13-18-7-5-4-6-17(18)12-24-21(26)9-8-16-10-19(23)22-20(11-16)27-14-28-22/h4-11,15H,12-14H2,1-3H3,(H,24,26)/b9-8+. The first-order valence-corrected chi connectivity index (χ1v) is 9.64. The molecule has 6 heteroatoms. The third-order valence-corrected chi connectivity index (χ3v) is 5.03. The second-order valence-corrected chi connectivity index (χ2v) is 7.47. The first kappa shape index (κ1) is 20.2. The predicted molar refractivity (Wildman–Crippen MR) is 112 cm³/mol. The largest absolute Gasteiger partial charge is 0.454 e. The molecule has 0 unspecified atom stereocenters. The number of nitrogens with one attached hydrogen (secondary N) is 1. The van der Waals surface area contributed by atoms with Crippen LogP contribution < -0.4 is 14.8 Å². The molecule has 0 saturated heterocycles. The highest BCUT2D eigenvalue weighted by Crippen LogP contribution is 2.40. The van der Waals surface area contributed by atoms with E-state index in [9.17, 15) is 4.79 Å². The van der Waals surface area contributed by atoms with E-state index in [-0.39, 0.29) is 12.7 Å². The SMILES string of the molecule is CC(C)N(C)Cc1ccccc1CNC(=O)/C=C/c1cc(Cl)c2c(c1)OCO2. The molecule has 1 N–H and O–H groups in total. The molecule has 2 aromatic rings. The Labute approximate surface area is 170 Å². The van der Waals surface area contributed by atoms with Crippen molar-refractivity contribution in [3.8, 4) is 11.5 Å². The quantitative estimate of drug-likeness (QED) is 0.706. The normalized spacial score (nSPS) is 12.9. The molecule has 1 aliphatic rings. The van der Waals surface area contributed by atoms with Gasteiger partial charge in [0.1, 0.15) is 0 Å². The van der Waals surface area contributed by atoms with Gasteiger partial charge in [-0.15, -0.1) is 0 Å². The minimum atomic E-state index is -0.166. The van der Waals surface area contributed by atoms with Crippen LogP contribution >= 0.6 is 11.6 Å². The van der Waals surface area contributed by atoms with Crippen LogP contribution in [0, 0.1) is 0 Å². The van der Waals surface area contributed by atoms with Gasteiger partial charge in [-0.2, -0.15) is 0 Å². The first-order valence-electron chi connectivity index (χ1n) is 9.26. The lowest BCUT2D eigenvalue weighted by Gasteiger charge is -2.22. The Balaban J connectivity index is 1.61. The number of ether oxygens (including phenoxy) is 2. The van der Waals surface area contributed by atoms with Crippen LogP contribution in [-0.2, 0) is 17.9 Å². The van der Waals surface area contributed by atoms with Gasteiger partial charge in [-0.3, -0.25) is 9.69 Å². The van der Waals surface area contributed by atoms with Crippen LogP contribution in [0.1, 0.15) is 30.5 Å². The summed E-state index contributed by atoms with van der Waals surface area (Å²) in [4.78, 5) is 14.5. The van der Waals surface area contributed by atoms with Crippen LogP contribution in [0.5, 0.6) is 11.5 Å². The maximum absolute atomic E-state index is 12.3. The average Bonchev–Trinajstić information content (AvgIpc) is 3.15. The van der Waals surface area contributed by atoms with E-state index < -0.39 is 0 Å². The van der Waals surface area contributed by atoms with Crippen LogP contribution in [0.15, 0.2) is 42.5 Å². The summed E-state index contributed by atoms with van der Waals surface area (Å²) in [6, 6.07) is 12.2. The van der Waals surface area contributed by atoms with E-state index in [1.165, 1.54) is 11.6 Å². The van der Waals surface area contributed by atoms with Gasteiger partial charge in [0.2, 0.25) is 12.7 Å². The van der Waals surface area contributed by atoms with E-state index in [0.717, 1.165) is 17.7 Å². The Kier molecular flexibility index (Phi) is 6.60. The van der Waals surface area contributed by atoms with Crippen molar-refractivity contribution >= 4 is 23.6 Å². The molecule has 1 heterocycles. The topological polar surface area (TPSA) is 50.8 Å². The van der Waals surface area contributed by atoms with Crippen LogP contribution in [-0.4, -0.2) is 30.7 Å². The average molecular weight is 401 g/mol. The molecule has 0 radical (unpaired) electrons. The van der Waals surface area contributed by atoms with E-state index in [2.05, 4.69) is 37.2 Å². The van der Waals surface area contributed by atoms with E-state index in [1.54, 1.807) is 18.2 Å². The van der Waals surface area contributed by atoms with Crippen LogP contribution in [0.2, 0.25) is 5.02 Å². The third-order valence-electron chi connectivity index (χ3n) is 4.75. The van der Waals surface area contributed by atoms with E-state index in [0.29, 0.717) is 29.1 Å². The van der Waals surface area contributed by atoms with Gasteiger partial charge in [0.25, 0.3) is 0 Å². The number of rotatable bonds is 7. The summed E-state index contributed by atoms with van der Waals surface area (Å²) in [5, 5.41) is 3.42. The van der Waals surface area contributed by atoms with Crippen LogP contribution in [0.3, 0.4) is 0 Å². The lowest BCUT2D eigenvalue weighted by molar-refractivity contribution is -0.116. The minimum absolute atomic E-state index is 0.161. The zero-order chi connectivity index (χ0) is 20.1. The predicted octanol–water partition coefficient (Wildman–Crippen LogP) is 4.24. The summed E-state index contributed by atoms with van der Waals surface area (Å²) >= 11 is 6.17. The molecule has 3 rings (SSSR count).